The van der Waals surface area contributed by atoms with Gasteiger partial charge in [-0.05, 0) is 28.1 Å². The van der Waals surface area contributed by atoms with Crippen LogP contribution in [0.2, 0.25) is 4.34 Å². The average molecular weight is 383 g/mol. The number of carboxylic acids is 1. The quantitative estimate of drug-likeness (QED) is 0.802. The van der Waals surface area contributed by atoms with E-state index in [0.717, 1.165) is 15.4 Å². The van der Waals surface area contributed by atoms with Crippen molar-refractivity contribution in [3.8, 4) is 0 Å². The van der Waals surface area contributed by atoms with Gasteiger partial charge in [0.2, 0.25) is 0 Å². The molecule has 0 unspecified atom stereocenters. The highest BCUT2D eigenvalue weighted by Gasteiger charge is 2.15. The number of rotatable bonds is 4. The van der Waals surface area contributed by atoms with Crippen LogP contribution < -0.4 is 5.32 Å². The Morgan fingerprint density at radius 3 is 2.60 bits per heavy atom. The molecule has 0 fully saturated rings. The third-order valence-electron chi connectivity index (χ3n) is 2.44. The van der Waals surface area contributed by atoms with E-state index in [4.69, 9.17) is 16.7 Å². The molecule has 0 spiro atoms. The SMILES string of the molecule is O=C(O)c1cc(NCc2cc(Br)c(Cl)s2)c(F)cc1F. The molecule has 1 heterocycles. The van der Waals surface area contributed by atoms with Crippen molar-refractivity contribution in [2.75, 3.05) is 5.32 Å². The minimum absolute atomic E-state index is 0.0792. The Balaban J connectivity index is 2.21. The highest BCUT2D eigenvalue weighted by molar-refractivity contribution is 9.10. The Hall–Kier alpha value is -1.18. The lowest BCUT2D eigenvalue weighted by molar-refractivity contribution is 0.0692. The number of thiophene rings is 1. The molecule has 1 aromatic carbocycles. The fourth-order valence-electron chi connectivity index (χ4n) is 1.51. The number of anilines is 1. The summed E-state index contributed by atoms with van der Waals surface area (Å²) < 4.78 is 28.1. The molecule has 2 N–H and O–H groups in total. The molecular weight excluding hydrogens is 376 g/mol. The molecule has 0 aliphatic heterocycles. The van der Waals surface area contributed by atoms with Crippen LogP contribution in [0.3, 0.4) is 0 Å². The molecule has 0 aliphatic rings. The summed E-state index contributed by atoms with van der Waals surface area (Å²) in [6, 6.07) is 3.24. The standard InChI is InChI=1S/C12H7BrClF2NO2S/c13-7-1-5(20-11(7)14)4-17-10-2-6(12(18)19)8(15)3-9(10)16/h1-3,17H,4H2,(H,18,19). The summed E-state index contributed by atoms with van der Waals surface area (Å²) >= 11 is 10.4. The van der Waals surface area contributed by atoms with Crippen molar-refractivity contribution in [3.05, 3.63) is 49.1 Å². The van der Waals surface area contributed by atoms with Gasteiger partial charge in [-0.25, -0.2) is 13.6 Å². The molecule has 0 aliphatic carbocycles. The zero-order valence-corrected chi connectivity index (χ0v) is 12.9. The largest absolute Gasteiger partial charge is 0.478 e. The van der Waals surface area contributed by atoms with Gasteiger partial charge >= 0.3 is 5.97 Å². The van der Waals surface area contributed by atoms with Crippen molar-refractivity contribution in [1.29, 1.82) is 0 Å². The Morgan fingerprint density at radius 1 is 1.35 bits per heavy atom. The first kappa shape index (κ1) is 15.2. The fourth-order valence-corrected chi connectivity index (χ4v) is 3.24. The first-order valence-corrected chi connectivity index (χ1v) is 7.27. The molecular formula is C12H7BrClF2NO2S. The lowest BCUT2D eigenvalue weighted by Gasteiger charge is -2.08. The van der Waals surface area contributed by atoms with E-state index in [1.807, 2.05) is 0 Å². The molecule has 8 heteroatoms. The van der Waals surface area contributed by atoms with Crippen LogP contribution >= 0.6 is 38.9 Å². The summed E-state index contributed by atoms with van der Waals surface area (Å²) in [5.74, 6) is -3.41. The summed E-state index contributed by atoms with van der Waals surface area (Å²) in [4.78, 5) is 11.6. The topological polar surface area (TPSA) is 49.3 Å². The number of nitrogens with one attached hydrogen (secondary N) is 1. The van der Waals surface area contributed by atoms with E-state index < -0.39 is 23.2 Å². The number of hydrogen-bond donors (Lipinski definition) is 2. The molecule has 0 radical (unpaired) electrons. The van der Waals surface area contributed by atoms with Crippen molar-refractivity contribution in [3.63, 3.8) is 0 Å². The van der Waals surface area contributed by atoms with Crippen LogP contribution in [-0.4, -0.2) is 11.1 Å². The van der Waals surface area contributed by atoms with Crippen molar-refractivity contribution in [1.82, 2.24) is 0 Å². The summed E-state index contributed by atoms with van der Waals surface area (Å²) in [7, 11) is 0. The van der Waals surface area contributed by atoms with Crippen LogP contribution in [0, 0.1) is 11.6 Å². The summed E-state index contributed by atoms with van der Waals surface area (Å²) in [5.41, 5.74) is -0.663. The van der Waals surface area contributed by atoms with E-state index in [1.54, 1.807) is 6.07 Å². The third kappa shape index (κ3) is 3.28. The van der Waals surface area contributed by atoms with Crippen molar-refractivity contribution >= 4 is 50.5 Å². The van der Waals surface area contributed by atoms with E-state index in [1.165, 1.54) is 11.3 Å². The van der Waals surface area contributed by atoms with Gasteiger partial charge in [0.05, 0.1) is 11.3 Å². The highest BCUT2D eigenvalue weighted by atomic mass is 79.9. The Bertz CT molecular complexity index is 658. The van der Waals surface area contributed by atoms with Crippen LogP contribution in [-0.2, 0) is 6.54 Å². The molecule has 2 aromatic rings. The number of hydrogen-bond acceptors (Lipinski definition) is 3. The second kappa shape index (κ2) is 6.07. The lowest BCUT2D eigenvalue weighted by Crippen LogP contribution is -2.06. The van der Waals surface area contributed by atoms with E-state index in [2.05, 4.69) is 21.2 Å². The molecule has 0 amide bonds. The molecule has 0 bridgehead atoms. The van der Waals surface area contributed by atoms with Gasteiger partial charge in [0.15, 0.2) is 0 Å². The van der Waals surface area contributed by atoms with Gasteiger partial charge in [0, 0.05) is 22.0 Å². The number of benzene rings is 1. The van der Waals surface area contributed by atoms with Gasteiger partial charge in [0.25, 0.3) is 0 Å². The number of halogens is 4. The van der Waals surface area contributed by atoms with Crippen LogP contribution in [0.5, 0.6) is 0 Å². The zero-order chi connectivity index (χ0) is 14.9. The van der Waals surface area contributed by atoms with Crippen LogP contribution in [0.25, 0.3) is 0 Å². The minimum atomic E-state index is -1.45. The monoisotopic (exact) mass is 381 g/mol. The van der Waals surface area contributed by atoms with E-state index >= 15 is 0 Å². The summed E-state index contributed by atoms with van der Waals surface area (Å²) in [5, 5.41) is 11.5. The predicted molar refractivity (Wildman–Crippen MR) is 77.7 cm³/mol. The van der Waals surface area contributed by atoms with Gasteiger partial charge in [-0.15, -0.1) is 11.3 Å². The zero-order valence-electron chi connectivity index (χ0n) is 9.71. The number of carboxylic acid groups (broad SMARTS) is 1. The fraction of sp³-hybridized carbons (Fsp3) is 0.0833. The van der Waals surface area contributed by atoms with Crippen LogP contribution in [0.1, 0.15) is 15.2 Å². The Morgan fingerprint density at radius 2 is 2.05 bits per heavy atom. The Kier molecular flexibility index (Phi) is 4.62. The normalized spacial score (nSPS) is 10.6. The maximum absolute atomic E-state index is 13.6. The number of carbonyl (C=O) groups is 1. The van der Waals surface area contributed by atoms with Gasteiger partial charge in [-0.2, -0.15) is 0 Å². The van der Waals surface area contributed by atoms with E-state index in [0.29, 0.717) is 10.4 Å². The number of aromatic carboxylic acids is 1. The molecule has 3 nitrogen and oxygen atoms in total. The minimum Gasteiger partial charge on any atom is -0.478 e. The van der Waals surface area contributed by atoms with Crippen LogP contribution in [0.15, 0.2) is 22.7 Å². The average Bonchev–Trinajstić information content (AvgIpc) is 2.67. The third-order valence-corrected chi connectivity index (χ3v) is 4.91. The molecule has 0 atom stereocenters. The van der Waals surface area contributed by atoms with Gasteiger partial charge < -0.3 is 10.4 Å². The smallest absolute Gasteiger partial charge is 0.338 e. The van der Waals surface area contributed by atoms with E-state index in [-0.39, 0.29) is 12.2 Å². The van der Waals surface area contributed by atoms with Crippen molar-refractivity contribution < 1.29 is 18.7 Å². The predicted octanol–water partition coefficient (Wildman–Crippen LogP) is 4.75. The second-order valence-electron chi connectivity index (χ2n) is 3.80. The van der Waals surface area contributed by atoms with Crippen molar-refractivity contribution in [2.45, 2.75) is 6.54 Å². The molecule has 0 saturated heterocycles. The molecule has 0 saturated carbocycles. The maximum Gasteiger partial charge on any atom is 0.338 e. The molecule has 1 aromatic heterocycles. The van der Waals surface area contributed by atoms with Crippen molar-refractivity contribution in [2.24, 2.45) is 0 Å². The van der Waals surface area contributed by atoms with E-state index in [9.17, 15) is 13.6 Å². The first-order chi connectivity index (χ1) is 9.38. The maximum atomic E-state index is 13.6. The second-order valence-corrected chi connectivity index (χ2v) is 6.40. The summed E-state index contributed by atoms with van der Waals surface area (Å²) in [6.07, 6.45) is 0. The molecule has 2 rings (SSSR count). The highest BCUT2D eigenvalue weighted by Crippen LogP contribution is 2.32. The van der Waals surface area contributed by atoms with Gasteiger partial charge in [-0.3, -0.25) is 0 Å². The van der Waals surface area contributed by atoms with Crippen LogP contribution in [0.4, 0.5) is 14.5 Å². The Labute approximate surface area is 130 Å². The molecule has 106 valence electrons. The lowest BCUT2D eigenvalue weighted by atomic mass is 10.2. The molecule has 20 heavy (non-hydrogen) atoms. The first-order valence-electron chi connectivity index (χ1n) is 5.28. The summed E-state index contributed by atoms with van der Waals surface area (Å²) in [6.45, 7) is 0.248. The van der Waals surface area contributed by atoms with Gasteiger partial charge in [0.1, 0.15) is 16.0 Å². The van der Waals surface area contributed by atoms with Gasteiger partial charge in [-0.1, -0.05) is 11.6 Å².